The number of likely N-dealkylation sites (tertiary alicyclic amines) is 1. The summed E-state index contributed by atoms with van der Waals surface area (Å²) in [7, 11) is 0. The SMILES string of the molecule is OC1(c2cccc(C(F)(F)F)c2)CCN(C[C@@H]2C[C@H]2c2ccccc2)CC1. The maximum atomic E-state index is 13.0. The van der Waals surface area contributed by atoms with Gasteiger partial charge in [0, 0.05) is 19.6 Å². The molecular formula is C22H24F3NO. The highest BCUT2D eigenvalue weighted by Crippen LogP contribution is 2.48. The Morgan fingerprint density at radius 2 is 1.70 bits per heavy atom. The van der Waals surface area contributed by atoms with E-state index >= 15 is 0 Å². The summed E-state index contributed by atoms with van der Waals surface area (Å²) in [6.07, 6.45) is -2.25. The molecule has 1 N–H and O–H groups in total. The lowest BCUT2D eigenvalue weighted by atomic mass is 9.83. The largest absolute Gasteiger partial charge is 0.416 e. The Bertz CT molecular complexity index is 782. The fourth-order valence-corrected chi connectivity index (χ4v) is 4.27. The van der Waals surface area contributed by atoms with Gasteiger partial charge in [0.15, 0.2) is 0 Å². The van der Waals surface area contributed by atoms with Gasteiger partial charge < -0.3 is 10.0 Å². The van der Waals surface area contributed by atoms with Crippen LogP contribution < -0.4 is 0 Å². The molecule has 144 valence electrons. The number of hydrogen-bond acceptors (Lipinski definition) is 2. The summed E-state index contributed by atoms with van der Waals surface area (Å²) in [5.74, 6) is 1.27. The monoisotopic (exact) mass is 375 g/mol. The van der Waals surface area contributed by atoms with Gasteiger partial charge in [0.25, 0.3) is 0 Å². The first-order valence-electron chi connectivity index (χ1n) is 9.53. The van der Waals surface area contributed by atoms with Crippen molar-refractivity contribution in [1.82, 2.24) is 4.90 Å². The smallest absolute Gasteiger partial charge is 0.385 e. The van der Waals surface area contributed by atoms with Gasteiger partial charge in [-0.25, -0.2) is 0 Å². The number of hydrogen-bond donors (Lipinski definition) is 1. The number of rotatable bonds is 4. The van der Waals surface area contributed by atoms with Gasteiger partial charge in [0.1, 0.15) is 0 Å². The summed E-state index contributed by atoms with van der Waals surface area (Å²) in [5, 5.41) is 10.9. The lowest BCUT2D eigenvalue weighted by Crippen LogP contribution is -2.43. The maximum Gasteiger partial charge on any atom is 0.416 e. The van der Waals surface area contributed by atoms with Crippen LogP contribution in [0.15, 0.2) is 54.6 Å². The van der Waals surface area contributed by atoms with E-state index in [-0.39, 0.29) is 0 Å². The molecule has 27 heavy (non-hydrogen) atoms. The quantitative estimate of drug-likeness (QED) is 0.830. The van der Waals surface area contributed by atoms with Crippen LogP contribution in [0.5, 0.6) is 0 Å². The molecule has 4 rings (SSSR count). The van der Waals surface area contributed by atoms with Crippen LogP contribution in [0.25, 0.3) is 0 Å². The molecule has 1 heterocycles. The predicted molar refractivity (Wildman–Crippen MR) is 98.3 cm³/mol. The van der Waals surface area contributed by atoms with E-state index in [4.69, 9.17) is 0 Å². The molecule has 1 aliphatic heterocycles. The van der Waals surface area contributed by atoms with Crippen molar-refractivity contribution < 1.29 is 18.3 Å². The highest BCUT2D eigenvalue weighted by molar-refractivity contribution is 5.30. The molecule has 0 amide bonds. The van der Waals surface area contributed by atoms with Gasteiger partial charge in [0.2, 0.25) is 0 Å². The fourth-order valence-electron chi connectivity index (χ4n) is 4.27. The van der Waals surface area contributed by atoms with E-state index in [0.717, 1.165) is 18.7 Å². The summed E-state index contributed by atoms with van der Waals surface area (Å²) in [6, 6.07) is 15.7. The molecule has 1 saturated heterocycles. The molecule has 2 aromatic rings. The zero-order valence-corrected chi connectivity index (χ0v) is 15.1. The second-order valence-electron chi connectivity index (χ2n) is 7.92. The first kappa shape index (κ1) is 18.5. The Hall–Kier alpha value is -1.85. The van der Waals surface area contributed by atoms with Crippen molar-refractivity contribution in [3.63, 3.8) is 0 Å². The third-order valence-corrected chi connectivity index (χ3v) is 6.05. The van der Waals surface area contributed by atoms with Crippen LogP contribution in [0.1, 0.15) is 41.9 Å². The van der Waals surface area contributed by atoms with Gasteiger partial charge in [-0.05, 0) is 54.4 Å². The molecule has 0 aromatic heterocycles. The van der Waals surface area contributed by atoms with E-state index in [0.29, 0.717) is 43.3 Å². The number of benzene rings is 2. The molecule has 5 heteroatoms. The lowest BCUT2D eigenvalue weighted by molar-refractivity contribution is -0.137. The molecule has 0 spiro atoms. The van der Waals surface area contributed by atoms with Crippen molar-refractivity contribution >= 4 is 0 Å². The molecule has 0 bridgehead atoms. The lowest BCUT2D eigenvalue weighted by Gasteiger charge is -2.39. The summed E-state index contributed by atoms with van der Waals surface area (Å²) in [6.45, 7) is 2.42. The number of alkyl halides is 3. The van der Waals surface area contributed by atoms with E-state index in [1.54, 1.807) is 6.07 Å². The third-order valence-electron chi connectivity index (χ3n) is 6.05. The third kappa shape index (κ3) is 4.04. The number of aliphatic hydroxyl groups is 1. The summed E-state index contributed by atoms with van der Waals surface area (Å²) < 4.78 is 38.9. The number of nitrogens with zero attached hydrogens (tertiary/aromatic N) is 1. The molecule has 2 aliphatic rings. The zero-order valence-electron chi connectivity index (χ0n) is 15.1. The van der Waals surface area contributed by atoms with Crippen LogP contribution in [0, 0.1) is 5.92 Å². The highest BCUT2D eigenvalue weighted by atomic mass is 19.4. The normalized spacial score (nSPS) is 25.3. The molecule has 2 aromatic carbocycles. The molecule has 0 unspecified atom stereocenters. The first-order chi connectivity index (χ1) is 12.9. The second-order valence-corrected chi connectivity index (χ2v) is 7.92. The molecule has 2 atom stereocenters. The van der Waals surface area contributed by atoms with Gasteiger partial charge in [-0.15, -0.1) is 0 Å². The van der Waals surface area contributed by atoms with E-state index < -0.39 is 17.3 Å². The maximum absolute atomic E-state index is 13.0. The minimum Gasteiger partial charge on any atom is -0.385 e. The summed E-state index contributed by atoms with van der Waals surface area (Å²) in [5.41, 5.74) is -0.0924. The van der Waals surface area contributed by atoms with Crippen molar-refractivity contribution in [3.8, 4) is 0 Å². The van der Waals surface area contributed by atoms with Crippen molar-refractivity contribution in [2.75, 3.05) is 19.6 Å². The van der Waals surface area contributed by atoms with Crippen LogP contribution in [0.3, 0.4) is 0 Å². The van der Waals surface area contributed by atoms with Crippen molar-refractivity contribution in [1.29, 1.82) is 0 Å². The van der Waals surface area contributed by atoms with Gasteiger partial charge in [-0.1, -0.05) is 42.5 Å². The van der Waals surface area contributed by atoms with Crippen LogP contribution in [0.4, 0.5) is 13.2 Å². The van der Waals surface area contributed by atoms with Gasteiger partial charge >= 0.3 is 6.18 Å². The van der Waals surface area contributed by atoms with Crippen LogP contribution in [0.2, 0.25) is 0 Å². The molecule has 2 fully saturated rings. The average Bonchev–Trinajstić information content (AvgIpc) is 3.43. The molecule has 2 nitrogen and oxygen atoms in total. The van der Waals surface area contributed by atoms with Crippen LogP contribution in [-0.4, -0.2) is 29.6 Å². The molecule has 1 saturated carbocycles. The Kier molecular flexibility index (Phi) is 4.77. The molecule has 1 aliphatic carbocycles. The summed E-state index contributed by atoms with van der Waals surface area (Å²) in [4.78, 5) is 2.34. The Labute approximate surface area is 157 Å². The minimum absolute atomic E-state index is 0.380. The fraction of sp³-hybridized carbons (Fsp3) is 0.455. The zero-order chi connectivity index (χ0) is 19.1. The minimum atomic E-state index is -4.38. The second kappa shape index (κ2) is 6.95. The van der Waals surface area contributed by atoms with E-state index in [2.05, 4.69) is 29.2 Å². The number of halogens is 3. The Morgan fingerprint density at radius 3 is 2.37 bits per heavy atom. The van der Waals surface area contributed by atoms with Gasteiger partial charge in [-0.3, -0.25) is 0 Å². The standard InChI is InChI=1S/C22H24F3NO/c23-22(24,25)19-8-4-7-18(14-19)21(27)9-11-26(12-10-21)15-17-13-20(17)16-5-2-1-3-6-16/h1-8,14,17,20,27H,9-13,15H2/t17-,20-/m0/s1. The first-order valence-corrected chi connectivity index (χ1v) is 9.53. The van der Waals surface area contributed by atoms with Gasteiger partial charge in [-0.2, -0.15) is 13.2 Å². The van der Waals surface area contributed by atoms with Gasteiger partial charge in [0.05, 0.1) is 11.2 Å². The predicted octanol–water partition coefficient (Wildman–Crippen LogP) is 4.79. The Balaban J connectivity index is 1.35. The number of piperidine rings is 1. The Morgan fingerprint density at radius 1 is 1.00 bits per heavy atom. The molecule has 0 radical (unpaired) electrons. The van der Waals surface area contributed by atoms with E-state index in [9.17, 15) is 18.3 Å². The van der Waals surface area contributed by atoms with Crippen LogP contribution in [-0.2, 0) is 11.8 Å². The molecular weight excluding hydrogens is 351 g/mol. The summed E-state index contributed by atoms with van der Waals surface area (Å²) >= 11 is 0. The highest BCUT2D eigenvalue weighted by Gasteiger charge is 2.42. The average molecular weight is 375 g/mol. The van der Waals surface area contributed by atoms with E-state index in [1.165, 1.54) is 18.1 Å². The van der Waals surface area contributed by atoms with Crippen molar-refractivity contribution in [2.24, 2.45) is 5.92 Å². The topological polar surface area (TPSA) is 23.5 Å². The van der Waals surface area contributed by atoms with Crippen LogP contribution >= 0.6 is 0 Å². The van der Waals surface area contributed by atoms with Crippen molar-refractivity contribution in [3.05, 3.63) is 71.3 Å². The van der Waals surface area contributed by atoms with Crippen molar-refractivity contribution in [2.45, 2.75) is 37.0 Å². The van der Waals surface area contributed by atoms with E-state index in [1.807, 2.05) is 6.07 Å².